The van der Waals surface area contributed by atoms with Crippen molar-refractivity contribution in [2.45, 2.75) is 6.92 Å². The van der Waals surface area contributed by atoms with Crippen molar-refractivity contribution >= 4 is 23.4 Å². The normalized spacial score (nSPS) is 13.7. The summed E-state index contributed by atoms with van der Waals surface area (Å²) in [5, 5.41) is 15.7. The van der Waals surface area contributed by atoms with Crippen molar-refractivity contribution in [3.05, 3.63) is 72.3 Å². The summed E-state index contributed by atoms with van der Waals surface area (Å²) >= 11 is 0. The highest BCUT2D eigenvalue weighted by Crippen LogP contribution is 2.21. The summed E-state index contributed by atoms with van der Waals surface area (Å²) in [5.41, 5.74) is 2.00. The molecule has 10 heteroatoms. The van der Waals surface area contributed by atoms with Crippen molar-refractivity contribution in [2.75, 3.05) is 36.4 Å². The lowest BCUT2D eigenvalue weighted by Crippen LogP contribution is -2.49. The fourth-order valence-electron chi connectivity index (χ4n) is 3.63. The molecule has 0 unspecified atom stereocenters. The number of carbonyl (C=O) groups is 1. The summed E-state index contributed by atoms with van der Waals surface area (Å²) in [5.74, 6) is 2.50. The Labute approximate surface area is 190 Å². The van der Waals surface area contributed by atoms with Gasteiger partial charge in [-0.25, -0.2) is 4.98 Å². The molecule has 4 aromatic heterocycles. The lowest BCUT2D eigenvalue weighted by molar-refractivity contribution is 0.0736. The first-order valence-electron chi connectivity index (χ1n) is 10.6. The Bertz CT molecular complexity index is 1230. The monoisotopic (exact) mass is 442 g/mol. The SMILES string of the molecule is Cc1cccc(Nc2ccc(N3CCN(C(=O)c4cc(-c5cccnc5)on4)CC3)nn2)n1. The lowest BCUT2D eigenvalue weighted by atomic mass is 10.2. The number of amides is 1. The predicted molar refractivity (Wildman–Crippen MR) is 122 cm³/mol. The first-order valence-corrected chi connectivity index (χ1v) is 10.6. The molecule has 1 N–H and O–H groups in total. The molecule has 5 rings (SSSR count). The minimum Gasteiger partial charge on any atom is -0.355 e. The van der Waals surface area contributed by atoms with Crippen LogP contribution in [0.1, 0.15) is 16.2 Å². The van der Waals surface area contributed by atoms with Gasteiger partial charge in [0.05, 0.1) is 0 Å². The molecule has 4 aromatic rings. The third-order valence-corrected chi connectivity index (χ3v) is 5.36. The van der Waals surface area contributed by atoms with E-state index in [-0.39, 0.29) is 5.91 Å². The van der Waals surface area contributed by atoms with Crippen molar-refractivity contribution in [3.8, 4) is 11.3 Å². The largest absolute Gasteiger partial charge is 0.355 e. The molecule has 33 heavy (non-hydrogen) atoms. The number of carbonyl (C=O) groups excluding carboxylic acids is 1. The molecule has 0 aromatic carbocycles. The number of aromatic nitrogens is 5. The van der Waals surface area contributed by atoms with Crippen LogP contribution in [0.5, 0.6) is 0 Å². The summed E-state index contributed by atoms with van der Waals surface area (Å²) in [6.07, 6.45) is 3.36. The Morgan fingerprint density at radius 1 is 1.00 bits per heavy atom. The van der Waals surface area contributed by atoms with E-state index in [0.29, 0.717) is 43.5 Å². The molecule has 10 nitrogen and oxygen atoms in total. The van der Waals surface area contributed by atoms with E-state index in [1.165, 1.54) is 0 Å². The highest BCUT2D eigenvalue weighted by Gasteiger charge is 2.25. The smallest absolute Gasteiger partial charge is 0.276 e. The number of anilines is 3. The molecule has 5 heterocycles. The zero-order valence-electron chi connectivity index (χ0n) is 18.0. The number of piperazine rings is 1. The second-order valence-corrected chi connectivity index (χ2v) is 7.66. The standard InChI is InChI=1S/C23H22N8O2/c1-16-4-2-6-20(25-16)26-21-7-8-22(28-27-21)30-10-12-31(13-11-30)23(32)18-14-19(33-29-18)17-5-3-9-24-15-17/h2-9,14-15H,10-13H2,1H3,(H,25,26,27). The van der Waals surface area contributed by atoms with Crippen molar-refractivity contribution in [1.29, 1.82) is 0 Å². The zero-order valence-corrected chi connectivity index (χ0v) is 18.0. The Balaban J connectivity index is 1.18. The maximum Gasteiger partial charge on any atom is 0.276 e. The van der Waals surface area contributed by atoms with Gasteiger partial charge in [0.1, 0.15) is 5.82 Å². The molecule has 1 aliphatic heterocycles. The van der Waals surface area contributed by atoms with Gasteiger partial charge in [-0.2, -0.15) is 0 Å². The fraction of sp³-hybridized carbons (Fsp3) is 0.217. The number of pyridine rings is 2. The van der Waals surface area contributed by atoms with Gasteiger partial charge in [0, 0.05) is 55.9 Å². The Morgan fingerprint density at radius 3 is 2.61 bits per heavy atom. The first kappa shape index (κ1) is 20.6. The minimum absolute atomic E-state index is 0.148. The summed E-state index contributed by atoms with van der Waals surface area (Å²) in [7, 11) is 0. The van der Waals surface area contributed by atoms with Gasteiger partial charge in [-0.05, 0) is 43.3 Å². The molecule has 0 saturated carbocycles. The molecule has 166 valence electrons. The van der Waals surface area contributed by atoms with Crippen LogP contribution < -0.4 is 10.2 Å². The summed E-state index contributed by atoms with van der Waals surface area (Å²) < 4.78 is 5.34. The van der Waals surface area contributed by atoms with Gasteiger partial charge in [0.2, 0.25) is 0 Å². The van der Waals surface area contributed by atoms with Crippen LogP contribution in [0.2, 0.25) is 0 Å². The summed E-state index contributed by atoms with van der Waals surface area (Å²) in [6, 6.07) is 14.9. The van der Waals surface area contributed by atoms with Crippen molar-refractivity contribution < 1.29 is 9.32 Å². The van der Waals surface area contributed by atoms with E-state index in [1.54, 1.807) is 23.4 Å². The number of nitrogens with zero attached hydrogens (tertiary/aromatic N) is 7. The van der Waals surface area contributed by atoms with Gasteiger partial charge in [-0.3, -0.25) is 9.78 Å². The number of hydrogen-bond acceptors (Lipinski definition) is 9. The molecule has 1 saturated heterocycles. The number of hydrogen-bond donors (Lipinski definition) is 1. The second-order valence-electron chi connectivity index (χ2n) is 7.66. The predicted octanol–water partition coefficient (Wildman–Crippen LogP) is 2.94. The molecule has 0 bridgehead atoms. The number of nitrogens with one attached hydrogen (secondary N) is 1. The average molecular weight is 442 g/mol. The van der Waals surface area contributed by atoms with Crippen molar-refractivity contribution in [2.24, 2.45) is 0 Å². The molecule has 0 spiro atoms. The topological polar surface area (TPSA) is 113 Å². The Kier molecular flexibility index (Phi) is 5.62. The van der Waals surface area contributed by atoms with Gasteiger partial charge < -0.3 is 19.6 Å². The van der Waals surface area contributed by atoms with E-state index in [0.717, 1.165) is 22.9 Å². The maximum atomic E-state index is 12.9. The maximum absolute atomic E-state index is 12.9. The Morgan fingerprint density at radius 2 is 1.88 bits per heavy atom. The molecule has 1 fully saturated rings. The van der Waals surface area contributed by atoms with Gasteiger partial charge in [-0.1, -0.05) is 11.2 Å². The molecule has 1 aliphatic rings. The van der Waals surface area contributed by atoms with Crippen LogP contribution in [0.25, 0.3) is 11.3 Å². The molecular weight excluding hydrogens is 420 g/mol. The van der Waals surface area contributed by atoms with E-state index in [4.69, 9.17) is 4.52 Å². The molecule has 0 aliphatic carbocycles. The number of rotatable bonds is 5. The van der Waals surface area contributed by atoms with Crippen LogP contribution in [0.3, 0.4) is 0 Å². The van der Waals surface area contributed by atoms with Crippen LogP contribution in [0, 0.1) is 6.92 Å². The van der Waals surface area contributed by atoms with Crippen LogP contribution in [0.4, 0.5) is 17.5 Å². The van der Waals surface area contributed by atoms with Crippen LogP contribution >= 0.6 is 0 Å². The van der Waals surface area contributed by atoms with Crippen molar-refractivity contribution in [1.82, 2.24) is 30.2 Å². The van der Waals surface area contributed by atoms with Gasteiger partial charge in [-0.15, -0.1) is 10.2 Å². The molecule has 0 radical (unpaired) electrons. The Hall–Kier alpha value is -4.34. The van der Waals surface area contributed by atoms with E-state index >= 15 is 0 Å². The number of aryl methyl sites for hydroxylation is 1. The van der Waals surface area contributed by atoms with E-state index in [1.807, 2.05) is 49.4 Å². The van der Waals surface area contributed by atoms with Crippen LogP contribution in [0.15, 0.2) is 65.4 Å². The third-order valence-electron chi connectivity index (χ3n) is 5.36. The summed E-state index contributed by atoms with van der Waals surface area (Å²) in [6.45, 7) is 4.36. The lowest BCUT2D eigenvalue weighted by Gasteiger charge is -2.34. The van der Waals surface area contributed by atoms with E-state index in [9.17, 15) is 4.79 Å². The minimum atomic E-state index is -0.148. The van der Waals surface area contributed by atoms with Gasteiger partial charge in [0.15, 0.2) is 23.1 Å². The first-order chi connectivity index (χ1) is 16.2. The van der Waals surface area contributed by atoms with Gasteiger partial charge in [0.25, 0.3) is 5.91 Å². The van der Waals surface area contributed by atoms with Gasteiger partial charge >= 0.3 is 0 Å². The average Bonchev–Trinajstić information content (AvgIpc) is 3.35. The highest BCUT2D eigenvalue weighted by atomic mass is 16.5. The second kappa shape index (κ2) is 9.03. The highest BCUT2D eigenvalue weighted by molar-refractivity contribution is 5.93. The van der Waals surface area contributed by atoms with Crippen LogP contribution in [-0.4, -0.2) is 62.3 Å². The molecule has 0 atom stereocenters. The third kappa shape index (κ3) is 4.64. The van der Waals surface area contributed by atoms with Crippen molar-refractivity contribution in [3.63, 3.8) is 0 Å². The fourth-order valence-corrected chi connectivity index (χ4v) is 3.63. The van der Waals surface area contributed by atoms with Crippen LogP contribution in [-0.2, 0) is 0 Å². The molecule has 1 amide bonds. The van der Waals surface area contributed by atoms with E-state index in [2.05, 4.69) is 35.5 Å². The summed E-state index contributed by atoms with van der Waals surface area (Å²) in [4.78, 5) is 25.2. The zero-order chi connectivity index (χ0) is 22.6. The molecular formula is C23H22N8O2. The van der Waals surface area contributed by atoms with E-state index < -0.39 is 0 Å². The quantitative estimate of drug-likeness (QED) is 0.498.